The Hall–Kier alpha value is -3.22. The van der Waals surface area contributed by atoms with Gasteiger partial charge in [0.2, 0.25) is 0 Å². The first-order chi connectivity index (χ1) is 14.6. The van der Waals surface area contributed by atoms with Gasteiger partial charge in [-0.1, -0.05) is 42.5 Å². The van der Waals surface area contributed by atoms with Gasteiger partial charge >= 0.3 is 0 Å². The highest BCUT2D eigenvalue weighted by molar-refractivity contribution is 7.15. The van der Waals surface area contributed by atoms with Gasteiger partial charge in [-0.2, -0.15) is 0 Å². The van der Waals surface area contributed by atoms with Crippen molar-refractivity contribution in [1.82, 2.24) is 9.55 Å². The molecule has 0 atom stereocenters. The Bertz CT molecular complexity index is 1230. The van der Waals surface area contributed by atoms with Gasteiger partial charge in [-0.05, 0) is 43.2 Å². The molecule has 0 bridgehead atoms. The van der Waals surface area contributed by atoms with E-state index in [0.717, 1.165) is 15.3 Å². The largest absolute Gasteiger partial charge is 0.507 e. The predicted molar refractivity (Wildman–Crippen MR) is 120 cm³/mol. The zero-order valence-electron chi connectivity index (χ0n) is 16.6. The maximum absolute atomic E-state index is 13.6. The summed E-state index contributed by atoms with van der Waals surface area (Å²) >= 11 is 1.39. The molecule has 0 aliphatic heterocycles. The van der Waals surface area contributed by atoms with Crippen LogP contribution < -0.4 is 5.56 Å². The molecule has 0 saturated carbocycles. The molecule has 4 rings (SSSR count). The molecule has 2 N–H and O–H groups in total. The van der Waals surface area contributed by atoms with Crippen LogP contribution >= 0.6 is 11.3 Å². The molecule has 0 unspecified atom stereocenters. The molecule has 5 nitrogen and oxygen atoms in total. The third-order valence-corrected chi connectivity index (χ3v) is 6.11. The highest BCUT2D eigenvalue weighted by Crippen LogP contribution is 2.31. The minimum Gasteiger partial charge on any atom is -0.507 e. The second-order valence-corrected chi connectivity index (χ2v) is 8.20. The summed E-state index contributed by atoms with van der Waals surface area (Å²) in [7, 11) is 0. The van der Waals surface area contributed by atoms with E-state index < -0.39 is 0 Å². The molecular formula is C24H22N2O3S. The maximum Gasteiger partial charge on any atom is 0.262 e. The van der Waals surface area contributed by atoms with E-state index in [1.807, 2.05) is 48.5 Å². The van der Waals surface area contributed by atoms with E-state index in [1.54, 1.807) is 29.7 Å². The Morgan fingerprint density at radius 1 is 1.00 bits per heavy atom. The summed E-state index contributed by atoms with van der Waals surface area (Å²) in [4.78, 5) is 19.9. The minimum atomic E-state index is -0.150. The van der Waals surface area contributed by atoms with E-state index in [9.17, 15) is 15.0 Å². The molecule has 0 fully saturated rings. The van der Waals surface area contributed by atoms with Gasteiger partial charge in [-0.3, -0.25) is 9.36 Å². The molecule has 6 heteroatoms. The highest BCUT2D eigenvalue weighted by atomic mass is 32.1. The Morgan fingerprint density at radius 2 is 1.73 bits per heavy atom. The average molecular weight is 419 g/mol. The SMILES string of the molecule is Cc1nc(-c2ccccc2O)n(CCc2ccccc2)c(=O)c1-c1ccc(CO)s1. The van der Waals surface area contributed by atoms with Gasteiger partial charge < -0.3 is 10.2 Å². The van der Waals surface area contributed by atoms with Gasteiger partial charge in [-0.15, -0.1) is 11.3 Å². The number of aromatic nitrogens is 2. The van der Waals surface area contributed by atoms with Crippen molar-refractivity contribution >= 4 is 11.3 Å². The molecule has 2 heterocycles. The van der Waals surface area contributed by atoms with Crippen LogP contribution in [-0.2, 0) is 19.6 Å². The number of para-hydroxylation sites is 1. The Labute approximate surface area is 178 Å². The number of rotatable bonds is 6. The van der Waals surface area contributed by atoms with Crippen LogP contribution in [0.4, 0.5) is 0 Å². The molecular weight excluding hydrogens is 396 g/mol. The fourth-order valence-electron chi connectivity index (χ4n) is 3.50. The van der Waals surface area contributed by atoms with Gasteiger partial charge in [0.1, 0.15) is 11.6 Å². The molecule has 0 saturated heterocycles. The number of aliphatic hydroxyl groups excluding tert-OH is 1. The lowest BCUT2D eigenvalue weighted by atomic mass is 10.1. The molecule has 2 aromatic heterocycles. The van der Waals surface area contributed by atoms with Gasteiger partial charge in [-0.25, -0.2) is 4.98 Å². The summed E-state index contributed by atoms with van der Waals surface area (Å²) in [6.45, 7) is 2.18. The zero-order chi connectivity index (χ0) is 21.1. The fraction of sp³-hybridized carbons (Fsp3) is 0.167. The Morgan fingerprint density at radius 3 is 2.43 bits per heavy atom. The first-order valence-corrected chi connectivity index (χ1v) is 10.5. The predicted octanol–water partition coefficient (Wildman–Crippen LogP) is 4.39. The lowest BCUT2D eigenvalue weighted by Gasteiger charge is -2.16. The number of thiophene rings is 1. The van der Waals surface area contributed by atoms with E-state index >= 15 is 0 Å². The van der Waals surface area contributed by atoms with Crippen molar-refractivity contribution in [2.45, 2.75) is 26.5 Å². The lowest BCUT2D eigenvalue weighted by Crippen LogP contribution is -2.26. The molecule has 0 spiro atoms. The number of hydrogen-bond acceptors (Lipinski definition) is 5. The molecule has 4 aromatic rings. The Balaban J connectivity index is 1.87. The standard InChI is InChI=1S/C24H22N2O3S/c1-16-22(21-12-11-18(15-27)30-21)24(29)26(14-13-17-7-3-2-4-8-17)23(25-16)19-9-5-6-10-20(19)28/h2-12,27-28H,13-15H2,1H3. The van der Waals surface area contributed by atoms with Crippen molar-refractivity contribution in [3.8, 4) is 27.6 Å². The van der Waals surface area contributed by atoms with Gasteiger partial charge in [0.05, 0.1) is 23.4 Å². The van der Waals surface area contributed by atoms with Crippen molar-refractivity contribution in [2.75, 3.05) is 0 Å². The highest BCUT2D eigenvalue weighted by Gasteiger charge is 2.19. The zero-order valence-corrected chi connectivity index (χ0v) is 17.4. The van der Waals surface area contributed by atoms with E-state index in [4.69, 9.17) is 4.98 Å². The van der Waals surface area contributed by atoms with Crippen LogP contribution in [-0.4, -0.2) is 19.8 Å². The van der Waals surface area contributed by atoms with Crippen LogP contribution in [0.25, 0.3) is 21.8 Å². The Kier molecular flexibility index (Phi) is 5.79. The quantitative estimate of drug-likeness (QED) is 0.487. The van der Waals surface area contributed by atoms with E-state index in [2.05, 4.69) is 0 Å². The van der Waals surface area contributed by atoms with Crippen LogP contribution in [0.1, 0.15) is 16.1 Å². The van der Waals surface area contributed by atoms with Crippen molar-refractivity contribution in [2.24, 2.45) is 0 Å². The molecule has 0 aliphatic carbocycles. The second-order valence-electron chi connectivity index (χ2n) is 7.03. The first-order valence-electron chi connectivity index (χ1n) is 9.72. The monoisotopic (exact) mass is 418 g/mol. The maximum atomic E-state index is 13.6. The van der Waals surface area contributed by atoms with Crippen molar-refractivity contribution in [3.05, 3.63) is 93.2 Å². The lowest BCUT2D eigenvalue weighted by molar-refractivity contribution is 0.285. The molecule has 0 amide bonds. The normalized spacial score (nSPS) is 11.0. The molecule has 0 aliphatic rings. The van der Waals surface area contributed by atoms with Crippen LogP contribution in [0.15, 0.2) is 71.5 Å². The smallest absolute Gasteiger partial charge is 0.262 e. The van der Waals surface area contributed by atoms with Crippen LogP contribution in [0, 0.1) is 6.92 Å². The summed E-state index contributed by atoms with van der Waals surface area (Å²) in [6.07, 6.45) is 0.665. The van der Waals surface area contributed by atoms with Gasteiger partial charge in [0, 0.05) is 16.3 Å². The third kappa shape index (κ3) is 3.92. The number of aromatic hydroxyl groups is 1. The fourth-order valence-corrected chi connectivity index (χ4v) is 4.46. The van der Waals surface area contributed by atoms with Crippen LogP contribution in [0.5, 0.6) is 5.75 Å². The number of benzene rings is 2. The molecule has 152 valence electrons. The summed E-state index contributed by atoms with van der Waals surface area (Å²) in [5.41, 5.74) is 2.63. The first kappa shape index (κ1) is 20.1. The van der Waals surface area contributed by atoms with E-state index in [1.165, 1.54) is 11.3 Å². The average Bonchev–Trinajstić information content (AvgIpc) is 3.23. The van der Waals surface area contributed by atoms with Crippen molar-refractivity contribution in [1.29, 1.82) is 0 Å². The number of phenols is 1. The van der Waals surface area contributed by atoms with E-state index in [-0.39, 0.29) is 17.9 Å². The number of nitrogens with zero attached hydrogens (tertiary/aromatic N) is 2. The number of aliphatic hydroxyl groups is 1. The molecule has 2 aromatic carbocycles. The number of hydrogen-bond donors (Lipinski definition) is 2. The van der Waals surface area contributed by atoms with Crippen molar-refractivity contribution < 1.29 is 10.2 Å². The summed E-state index contributed by atoms with van der Waals surface area (Å²) in [6, 6.07) is 20.6. The van der Waals surface area contributed by atoms with E-state index in [0.29, 0.717) is 35.6 Å². The number of aryl methyl sites for hydroxylation is 2. The second kappa shape index (κ2) is 8.65. The summed E-state index contributed by atoms with van der Waals surface area (Å²) in [5.74, 6) is 0.540. The number of phenolic OH excluding ortho intramolecular Hbond substituents is 1. The van der Waals surface area contributed by atoms with Crippen LogP contribution in [0.2, 0.25) is 0 Å². The van der Waals surface area contributed by atoms with Crippen LogP contribution in [0.3, 0.4) is 0 Å². The summed E-state index contributed by atoms with van der Waals surface area (Å²) in [5, 5.41) is 19.8. The molecule has 30 heavy (non-hydrogen) atoms. The van der Waals surface area contributed by atoms with Gasteiger partial charge in [0.15, 0.2) is 0 Å². The van der Waals surface area contributed by atoms with Gasteiger partial charge in [0.25, 0.3) is 5.56 Å². The minimum absolute atomic E-state index is 0.0602. The molecule has 0 radical (unpaired) electrons. The topological polar surface area (TPSA) is 75.4 Å². The van der Waals surface area contributed by atoms with Crippen molar-refractivity contribution in [3.63, 3.8) is 0 Å². The summed E-state index contributed by atoms with van der Waals surface area (Å²) < 4.78 is 1.64. The third-order valence-electron chi connectivity index (χ3n) is 5.03.